The molecule has 10 nitrogen and oxygen atoms in total. The van der Waals surface area contributed by atoms with E-state index in [4.69, 9.17) is 14.6 Å². The Bertz CT molecular complexity index is 945. The maximum atomic E-state index is 13.2. The molecule has 212 valence electrons. The SMILES string of the molecule is CCCN(CC1CCOC1)C(=O)Nc1ccc(OCC)c(C2=NN(C(NCC)C(CC)CC)CC(=O)N2)c1. The van der Waals surface area contributed by atoms with E-state index >= 15 is 0 Å². The minimum absolute atomic E-state index is 0.0587. The molecule has 0 bridgehead atoms. The van der Waals surface area contributed by atoms with Gasteiger partial charge in [-0.25, -0.2) is 4.79 Å². The molecule has 2 aliphatic rings. The van der Waals surface area contributed by atoms with E-state index in [0.29, 0.717) is 61.0 Å². The van der Waals surface area contributed by atoms with E-state index in [0.717, 1.165) is 38.8 Å². The Kier molecular flexibility index (Phi) is 11.7. The summed E-state index contributed by atoms with van der Waals surface area (Å²) < 4.78 is 11.4. The molecule has 0 aromatic heterocycles. The number of nitrogens with one attached hydrogen (secondary N) is 3. The summed E-state index contributed by atoms with van der Waals surface area (Å²) in [6.45, 7) is 14.6. The van der Waals surface area contributed by atoms with Crippen molar-refractivity contribution in [2.45, 2.75) is 66.5 Å². The van der Waals surface area contributed by atoms with Gasteiger partial charge in [0.05, 0.1) is 24.9 Å². The molecule has 0 aliphatic carbocycles. The van der Waals surface area contributed by atoms with Crippen LogP contribution in [0, 0.1) is 11.8 Å². The van der Waals surface area contributed by atoms with Gasteiger partial charge >= 0.3 is 6.03 Å². The lowest BCUT2D eigenvalue weighted by atomic mass is 9.99. The lowest BCUT2D eigenvalue weighted by Gasteiger charge is -2.37. The third-order valence-electron chi connectivity index (χ3n) is 7.09. The quantitative estimate of drug-likeness (QED) is 0.338. The Morgan fingerprint density at radius 3 is 2.68 bits per heavy atom. The van der Waals surface area contributed by atoms with Crippen LogP contribution in [0.2, 0.25) is 0 Å². The Morgan fingerprint density at radius 2 is 2.05 bits per heavy atom. The van der Waals surface area contributed by atoms with Crippen molar-refractivity contribution >= 4 is 23.5 Å². The molecule has 1 aromatic rings. The average Bonchev–Trinajstić information content (AvgIpc) is 3.42. The van der Waals surface area contributed by atoms with Crippen molar-refractivity contribution in [1.29, 1.82) is 0 Å². The molecule has 0 saturated carbocycles. The average molecular weight is 531 g/mol. The highest BCUT2D eigenvalue weighted by Crippen LogP contribution is 2.26. The number of ether oxygens (including phenoxy) is 2. The molecule has 3 rings (SSSR count). The summed E-state index contributed by atoms with van der Waals surface area (Å²) in [7, 11) is 0. The lowest BCUT2D eigenvalue weighted by Crippen LogP contribution is -2.55. The highest BCUT2D eigenvalue weighted by atomic mass is 16.5. The van der Waals surface area contributed by atoms with Gasteiger partial charge in [-0.15, -0.1) is 0 Å². The second-order valence-electron chi connectivity index (χ2n) is 9.92. The fourth-order valence-electron chi connectivity index (χ4n) is 5.11. The van der Waals surface area contributed by atoms with Gasteiger partial charge in [0.25, 0.3) is 0 Å². The summed E-state index contributed by atoms with van der Waals surface area (Å²) >= 11 is 0. The number of benzene rings is 1. The molecule has 3 amide bonds. The third kappa shape index (κ3) is 7.83. The minimum atomic E-state index is -0.147. The molecule has 0 radical (unpaired) electrons. The van der Waals surface area contributed by atoms with Crippen LogP contribution in [0.15, 0.2) is 23.3 Å². The van der Waals surface area contributed by atoms with Crippen LogP contribution in [0.25, 0.3) is 0 Å². The lowest BCUT2D eigenvalue weighted by molar-refractivity contribution is -0.122. The normalized spacial score (nSPS) is 18.3. The number of hydrogen-bond donors (Lipinski definition) is 3. The van der Waals surface area contributed by atoms with Crippen LogP contribution in [0.3, 0.4) is 0 Å². The number of carbonyl (C=O) groups is 2. The van der Waals surface area contributed by atoms with E-state index in [2.05, 4.69) is 43.6 Å². The van der Waals surface area contributed by atoms with E-state index < -0.39 is 0 Å². The Labute approximate surface area is 227 Å². The van der Waals surface area contributed by atoms with Crippen LogP contribution in [0.5, 0.6) is 5.75 Å². The van der Waals surface area contributed by atoms with Crippen molar-refractivity contribution in [2.75, 3.05) is 51.3 Å². The number of hydrogen-bond acceptors (Lipinski definition) is 7. The van der Waals surface area contributed by atoms with Gasteiger partial charge in [-0.1, -0.05) is 40.5 Å². The predicted octanol–water partition coefficient (Wildman–Crippen LogP) is 3.83. The van der Waals surface area contributed by atoms with Gasteiger partial charge in [0.1, 0.15) is 12.3 Å². The molecular formula is C28H46N6O4. The first kappa shape index (κ1) is 29.7. The van der Waals surface area contributed by atoms with Crippen molar-refractivity contribution in [2.24, 2.45) is 16.9 Å². The molecule has 3 N–H and O–H groups in total. The number of amidine groups is 1. The van der Waals surface area contributed by atoms with Crippen molar-refractivity contribution in [3.8, 4) is 5.75 Å². The van der Waals surface area contributed by atoms with Crippen LogP contribution in [-0.2, 0) is 9.53 Å². The summed E-state index contributed by atoms with van der Waals surface area (Å²) in [5, 5.41) is 16.2. The highest BCUT2D eigenvalue weighted by Gasteiger charge is 2.30. The zero-order valence-corrected chi connectivity index (χ0v) is 23.7. The standard InChI is InChI=1S/C28H46N6O4/c1-6-14-33(17-20-13-15-37-19-20)28(36)30-22-11-12-24(38-10-5)23(16-22)26-31-25(35)18-34(32-26)27(29-9-4)21(7-2)8-3/h11-12,16,20-21,27,29H,6-10,13-15,17-19H2,1-5H3,(H,30,36)(H,31,32,35). The number of rotatable bonds is 14. The molecule has 0 spiro atoms. The first-order valence-corrected chi connectivity index (χ1v) is 14.2. The van der Waals surface area contributed by atoms with Gasteiger partial charge in [0.15, 0.2) is 5.84 Å². The number of urea groups is 1. The number of nitrogens with zero attached hydrogens (tertiary/aromatic N) is 3. The van der Waals surface area contributed by atoms with Crippen LogP contribution >= 0.6 is 0 Å². The van der Waals surface area contributed by atoms with Crippen LogP contribution in [0.4, 0.5) is 10.5 Å². The predicted molar refractivity (Wildman–Crippen MR) is 150 cm³/mol. The second-order valence-corrected chi connectivity index (χ2v) is 9.92. The van der Waals surface area contributed by atoms with Gasteiger partial charge in [-0.05, 0) is 50.4 Å². The zero-order valence-electron chi connectivity index (χ0n) is 23.7. The molecule has 2 aliphatic heterocycles. The van der Waals surface area contributed by atoms with Gasteiger partial charge < -0.3 is 25.0 Å². The van der Waals surface area contributed by atoms with Crippen molar-refractivity contribution in [3.05, 3.63) is 23.8 Å². The monoisotopic (exact) mass is 530 g/mol. The van der Waals surface area contributed by atoms with E-state index in [1.807, 2.05) is 35.0 Å². The van der Waals surface area contributed by atoms with E-state index in [1.54, 1.807) is 0 Å². The Hall–Kier alpha value is -2.85. The van der Waals surface area contributed by atoms with Gasteiger partial charge in [0.2, 0.25) is 5.91 Å². The molecule has 1 aromatic carbocycles. The summed E-state index contributed by atoms with van der Waals surface area (Å²) in [6, 6.07) is 5.32. The third-order valence-corrected chi connectivity index (χ3v) is 7.09. The van der Waals surface area contributed by atoms with E-state index in [-0.39, 0.29) is 24.6 Å². The minimum Gasteiger partial charge on any atom is -0.493 e. The number of hydrazone groups is 1. The van der Waals surface area contributed by atoms with Gasteiger partial charge in [0, 0.05) is 31.3 Å². The van der Waals surface area contributed by atoms with Crippen molar-refractivity contribution in [1.82, 2.24) is 20.5 Å². The molecule has 10 heteroatoms. The number of amides is 3. The molecule has 2 heterocycles. The van der Waals surface area contributed by atoms with Crippen molar-refractivity contribution < 1.29 is 19.1 Å². The first-order chi connectivity index (χ1) is 18.4. The molecular weight excluding hydrogens is 484 g/mol. The smallest absolute Gasteiger partial charge is 0.321 e. The van der Waals surface area contributed by atoms with E-state index in [1.165, 1.54) is 0 Å². The fraction of sp³-hybridized carbons (Fsp3) is 0.679. The molecule has 38 heavy (non-hydrogen) atoms. The summed E-state index contributed by atoms with van der Waals surface area (Å²) in [5.41, 5.74) is 1.25. The topological polar surface area (TPSA) is 108 Å². The molecule has 2 unspecified atom stereocenters. The van der Waals surface area contributed by atoms with Crippen LogP contribution in [-0.4, -0.2) is 79.8 Å². The van der Waals surface area contributed by atoms with Crippen LogP contribution < -0.4 is 20.7 Å². The molecule has 1 fully saturated rings. The number of anilines is 1. The maximum absolute atomic E-state index is 13.2. The Balaban J connectivity index is 1.89. The van der Waals surface area contributed by atoms with Gasteiger partial charge in [-0.2, -0.15) is 5.10 Å². The van der Waals surface area contributed by atoms with Gasteiger partial charge in [-0.3, -0.25) is 15.1 Å². The second kappa shape index (κ2) is 14.9. The largest absolute Gasteiger partial charge is 0.493 e. The fourth-order valence-corrected chi connectivity index (χ4v) is 5.11. The van der Waals surface area contributed by atoms with Crippen LogP contribution in [0.1, 0.15) is 65.9 Å². The van der Waals surface area contributed by atoms with Crippen molar-refractivity contribution in [3.63, 3.8) is 0 Å². The highest BCUT2D eigenvalue weighted by molar-refractivity contribution is 6.11. The summed E-state index contributed by atoms with van der Waals surface area (Å²) in [5.74, 6) is 1.60. The zero-order chi connectivity index (χ0) is 27.5. The molecule has 1 saturated heterocycles. The maximum Gasteiger partial charge on any atom is 0.321 e. The molecule has 2 atom stereocenters. The summed E-state index contributed by atoms with van der Waals surface area (Å²) in [6.07, 6.45) is 3.74. The first-order valence-electron chi connectivity index (χ1n) is 14.2. The Morgan fingerprint density at radius 1 is 1.26 bits per heavy atom. The number of carbonyl (C=O) groups excluding carboxylic acids is 2. The summed E-state index contributed by atoms with van der Waals surface area (Å²) in [4.78, 5) is 27.9. The van der Waals surface area contributed by atoms with E-state index in [9.17, 15) is 9.59 Å².